The van der Waals surface area contributed by atoms with E-state index in [-0.39, 0.29) is 0 Å². The van der Waals surface area contributed by atoms with Crippen molar-refractivity contribution in [3.63, 3.8) is 0 Å². The summed E-state index contributed by atoms with van der Waals surface area (Å²) in [7, 11) is 1.32. The van der Waals surface area contributed by atoms with Crippen LogP contribution >= 0.6 is 0 Å². The van der Waals surface area contributed by atoms with Crippen molar-refractivity contribution in [2.45, 2.75) is 0 Å². The molecule has 0 fully saturated rings. The molecule has 1 heterocycles. The van der Waals surface area contributed by atoms with Crippen molar-refractivity contribution < 1.29 is 9.53 Å². The minimum atomic E-state index is -0.420. The SMILES string of the molecule is COC(=O)C=Cc1cccc2[nH]cc(C#N)c12. The third kappa shape index (κ3) is 2.04. The smallest absolute Gasteiger partial charge is 0.330 e. The highest BCUT2D eigenvalue weighted by atomic mass is 16.5. The molecule has 1 aromatic heterocycles. The number of carbonyl (C=O) groups excluding carboxylic acids is 1. The Hall–Kier alpha value is -2.54. The number of nitriles is 1. The molecule has 0 amide bonds. The fraction of sp³-hybridized carbons (Fsp3) is 0.0769. The van der Waals surface area contributed by atoms with E-state index in [2.05, 4.69) is 15.8 Å². The number of H-pyrrole nitrogens is 1. The Morgan fingerprint density at radius 1 is 1.53 bits per heavy atom. The lowest BCUT2D eigenvalue weighted by Crippen LogP contribution is -1.93. The van der Waals surface area contributed by atoms with Gasteiger partial charge in [0.2, 0.25) is 0 Å². The lowest BCUT2D eigenvalue weighted by molar-refractivity contribution is -0.134. The molecule has 0 aliphatic heterocycles. The average Bonchev–Trinajstić information content (AvgIpc) is 2.79. The first-order chi connectivity index (χ1) is 8.26. The Labute approximate surface area is 98.1 Å². The zero-order chi connectivity index (χ0) is 12.3. The van der Waals surface area contributed by atoms with Gasteiger partial charge in [0.05, 0.1) is 12.7 Å². The molecule has 1 aromatic carbocycles. The first kappa shape index (κ1) is 11.0. The van der Waals surface area contributed by atoms with Crippen molar-refractivity contribution in [1.82, 2.24) is 4.98 Å². The van der Waals surface area contributed by atoms with E-state index in [4.69, 9.17) is 5.26 Å². The summed E-state index contributed by atoms with van der Waals surface area (Å²) >= 11 is 0. The lowest BCUT2D eigenvalue weighted by atomic mass is 10.1. The van der Waals surface area contributed by atoms with Crippen LogP contribution in [0.5, 0.6) is 0 Å². The van der Waals surface area contributed by atoms with E-state index in [1.54, 1.807) is 12.3 Å². The van der Waals surface area contributed by atoms with Gasteiger partial charge in [0.25, 0.3) is 0 Å². The zero-order valence-corrected chi connectivity index (χ0v) is 9.23. The number of hydrogen-bond acceptors (Lipinski definition) is 3. The summed E-state index contributed by atoms with van der Waals surface area (Å²) in [5.74, 6) is -0.420. The maximum atomic E-state index is 11.0. The molecule has 4 nitrogen and oxygen atoms in total. The van der Waals surface area contributed by atoms with Crippen molar-refractivity contribution in [1.29, 1.82) is 5.26 Å². The first-order valence-corrected chi connectivity index (χ1v) is 5.02. The summed E-state index contributed by atoms with van der Waals surface area (Å²) in [6, 6.07) is 7.69. The molecule has 0 atom stereocenters. The maximum Gasteiger partial charge on any atom is 0.330 e. The van der Waals surface area contributed by atoms with Crippen LogP contribution in [0.15, 0.2) is 30.5 Å². The normalized spacial score (nSPS) is 10.6. The minimum absolute atomic E-state index is 0.420. The largest absolute Gasteiger partial charge is 0.466 e. The van der Waals surface area contributed by atoms with Crippen molar-refractivity contribution in [3.8, 4) is 6.07 Å². The molecular formula is C13H10N2O2. The number of carbonyl (C=O) groups is 1. The van der Waals surface area contributed by atoms with Crippen molar-refractivity contribution in [2.24, 2.45) is 0 Å². The molecule has 2 aromatic rings. The van der Waals surface area contributed by atoms with Crippen LogP contribution in [-0.2, 0) is 9.53 Å². The summed E-state index contributed by atoms with van der Waals surface area (Å²) in [4.78, 5) is 14.0. The molecule has 0 spiro atoms. The number of nitrogens with one attached hydrogen (secondary N) is 1. The molecule has 0 saturated carbocycles. The number of rotatable bonds is 2. The van der Waals surface area contributed by atoms with Gasteiger partial charge in [-0.15, -0.1) is 0 Å². The second-order valence-electron chi connectivity index (χ2n) is 3.44. The second-order valence-corrected chi connectivity index (χ2v) is 3.44. The molecule has 0 unspecified atom stereocenters. The van der Waals surface area contributed by atoms with Crippen LogP contribution in [0.4, 0.5) is 0 Å². The molecule has 4 heteroatoms. The fourth-order valence-electron chi connectivity index (χ4n) is 1.67. The van der Waals surface area contributed by atoms with Crippen molar-refractivity contribution >= 4 is 22.9 Å². The van der Waals surface area contributed by atoms with Crippen LogP contribution in [-0.4, -0.2) is 18.1 Å². The number of hydrogen-bond donors (Lipinski definition) is 1. The molecule has 84 valence electrons. The van der Waals surface area contributed by atoms with Gasteiger partial charge in [-0.05, 0) is 17.7 Å². The van der Waals surface area contributed by atoms with Crippen LogP contribution in [0.1, 0.15) is 11.1 Å². The predicted molar refractivity (Wildman–Crippen MR) is 64.1 cm³/mol. The molecule has 17 heavy (non-hydrogen) atoms. The van der Waals surface area contributed by atoms with Crippen LogP contribution in [0.3, 0.4) is 0 Å². The highest BCUT2D eigenvalue weighted by Crippen LogP contribution is 2.23. The monoisotopic (exact) mass is 226 g/mol. The molecule has 0 radical (unpaired) electrons. The Kier molecular flexibility index (Phi) is 2.93. The molecular weight excluding hydrogens is 216 g/mol. The number of methoxy groups -OCH3 is 1. The summed E-state index contributed by atoms with van der Waals surface area (Å²) in [5.41, 5.74) is 2.24. The highest BCUT2D eigenvalue weighted by Gasteiger charge is 2.06. The summed E-state index contributed by atoms with van der Waals surface area (Å²) < 4.78 is 4.52. The van der Waals surface area contributed by atoms with Gasteiger partial charge in [-0.3, -0.25) is 0 Å². The number of esters is 1. The third-order valence-corrected chi connectivity index (χ3v) is 2.46. The molecule has 1 N–H and O–H groups in total. The van der Waals surface area contributed by atoms with Crippen LogP contribution < -0.4 is 0 Å². The molecule has 0 aliphatic rings. The van der Waals surface area contributed by atoms with Gasteiger partial charge < -0.3 is 9.72 Å². The Bertz CT molecular complexity index is 632. The zero-order valence-electron chi connectivity index (χ0n) is 9.23. The fourth-order valence-corrected chi connectivity index (χ4v) is 1.67. The molecule has 0 aliphatic carbocycles. The molecule has 2 rings (SSSR count). The molecule has 0 saturated heterocycles. The molecule has 0 bridgehead atoms. The number of fused-ring (bicyclic) bond motifs is 1. The lowest BCUT2D eigenvalue weighted by Gasteiger charge is -1.97. The maximum absolute atomic E-state index is 11.0. The Morgan fingerprint density at radius 2 is 2.35 bits per heavy atom. The summed E-state index contributed by atoms with van der Waals surface area (Å²) in [5, 5.41) is 9.80. The number of nitrogens with zero attached hydrogens (tertiary/aromatic N) is 1. The van der Waals surface area contributed by atoms with Crippen LogP contribution in [0.25, 0.3) is 17.0 Å². The summed E-state index contributed by atoms with van der Waals surface area (Å²) in [6.07, 6.45) is 4.63. The van der Waals surface area contributed by atoms with Crippen molar-refractivity contribution in [3.05, 3.63) is 41.6 Å². The van der Waals surface area contributed by atoms with Gasteiger partial charge in [0, 0.05) is 23.2 Å². The van der Waals surface area contributed by atoms with E-state index in [1.807, 2.05) is 18.2 Å². The standard InChI is InChI=1S/C13H10N2O2/c1-17-12(16)6-5-9-3-2-4-11-13(9)10(7-14)8-15-11/h2-6,8,15H,1H3. The van der Waals surface area contributed by atoms with E-state index >= 15 is 0 Å². The number of ether oxygens (including phenoxy) is 1. The highest BCUT2D eigenvalue weighted by molar-refractivity contribution is 5.96. The van der Waals surface area contributed by atoms with E-state index in [0.29, 0.717) is 5.56 Å². The van der Waals surface area contributed by atoms with Crippen LogP contribution in [0, 0.1) is 11.3 Å². The second kappa shape index (κ2) is 4.54. The Balaban J connectivity index is 2.54. The van der Waals surface area contributed by atoms with Gasteiger partial charge in [-0.2, -0.15) is 5.26 Å². The van der Waals surface area contributed by atoms with E-state index in [9.17, 15) is 4.79 Å². The average molecular weight is 226 g/mol. The van der Waals surface area contributed by atoms with E-state index < -0.39 is 5.97 Å². The minimum Gasteiger partial charge on any atom is -0.466 e. The predicted octanol–water partition coefficient (Wildman–Crippen LogP) is 2.23. The third-order valence-electron chi connectivity index (χ3n) is 2.46. The van der Waals surface area contributed by atoms with Crippen molar-refractivity contribution in [2.75, 3.05) is 7.11 Å². The van der Waals surface area contributed by atoms with Crippen LogP contribution in [0.2, 0.25) is 0 Å². The van der Waals surface area contributed by atoms with E-state index in [0.717, 1.165) is 16.5 Å². The van der Waals surface area contributed by atoms with Gasteiger partial charge in [-0.1, -0.05) is 12.1 Å². The summed E-state index contributed by atoms with van der Waals surface area (Å²) in [6.45, 7) is 0. The number of aromatic amines is 1. The number of aromatic nitrogens is 1. The number of benzene rings is 1. The topological polar surface area (TPSA) is 65.9 Å². The van der Waals surface area contributed by atoms with Gasteiger partial charge in [0.1, 0.15) is 6.07 Å². The van der Waals surface area contributed by atoms with Gasteiger partial charge in [0.15, 0.2) is 0 Å². The Morgan fingerprint density at radius 3 is 3.06 bits per heavy atom. The first-order valence-electron chi connectivity index (χ1n) is 5.02. The quantitative estimate of drug-likeness (QED) is 0.630. The van der Waals surface area contributed by atoms with Gasteiger partial charge in [-0.25, -0.2) is 4.79 Å². The van der Waals surface area contributed by atoms with E-state index in [1.165, 1.54) is 13.2 Å². The van der Waals surface area contributed by atoms with Gasteiger partial charge >= 0.3 is 5.97 Å².